The summed E-state index contributed by atoms with van der Waals surface area (Å²) in [6.07, 6.45) is 8.85. The van der Waals surface area contributed by atoms with Gasteiger partial charge in [0.2, 0.25) is 0 Å². The quantitative estimate of drug-likeness (QED) is 0.769. The van der Waals surface area contributed by atoms with Crippen molar-refractivity contribution in [2.75, 3.05) is 13.2 Å². The highest BCUT2D eigenvalue weighted by Gasteiger charge is 2.39. The fourth-order valence-corrected chi connectivity index (χ4v) is 4.51. The second-order valence-electron chi connectivity index (χ2n) is 7.43. The summed E-state index contributed by atoms with van der Waals surface area (Å²) >= 11 is 0. The van der Waals surface area contributed by atoms with Crippen LogP contribution in [-0.4, -0.2) is 36.3 Å². The molecule has 4 nitrogen and oxygen atoms in total. The van der Waals surface area contributed by atoms with Crippen LogP contribution in [0.4, 0.5) is 4.79 Å². The molecule has 3 aliphatic heterocycles. The SMILES string of the molecule is O=C(OCc1ccccc1)N1C2C=C(C3CCOCC3)CC1CCC2. The molecule has 4 heteroatoms. The maximum atomic E-state index is 12.7. The van der Waals surface area contributed by atoms with Crippen LogP contribution in [0.3, 0.4) is 0 Å². The van der Waals surface area contributed by atoms with Crippen LogP contribution in [0.15, 0.2) is 42.0 Å². The molecule has 1 amide bonds. The second kappa shape index (κ2) is 7.61. The number of rotatable bonds is 3. The van der Waals surface area contributed by atoms with Gasteiger partial charge in [0.1, 0.15) is 6.61 Å². The molecule has 25 heavy (non-hydrogen) atoms. The fourth-order valence-electron chi connectivity index (χ4n) is 4.51. The number of benzene rings is 1. The van der Waals surface area contributed by atoms with Crippen LogP contribution >= 0.6 is 0 Å². The third kappa shape index (κ3) is 3.74. The first-order valence-electron chi connectivity index (χ1n) is 9.58. The zero-order valence-corrected chi connectivity index (χ0v) is 14.7. The smallest absolute Gasteiger partial charge is 0.410 e. The lowest BCUT2D eigenvalue weighted by Gasteiger charge is -2.45. The molecule has 2 bridgehead atoms. The highest BCUT2D eigenvalue weighted by molar-refractivity contribution is 5.69. The van der Waals surface area contributed by atoms with Crippen molar-refractivity contribution in [2.24, 2.45) is 5.92 Å². The van der Waals surface area contributed by atoms with Crippen molar-refractivity contribution < 1.29 is 14.3 Å². The first-order chi connectivity index (χ1) is 12.3. The van der Waals surface area contributed by atoms with Crippen LogP contribution < -0.4 is 0 Å². The summed E-state index contributed by atoms with van der Waals surface area (Å²) in [6.45, 7) is 2.10. The Morgan fingerprint density at radius 1 is 1.12 bits per heavy atom. The van der Waals surface area contributed by atoms with Gasteiger partial charge in [-0.1, -0.05) is 42.0 Å². The van der Waals surface area contributed by atoms with E-state index in [1.165, 1.54) is 6.42 Å². The first-order valence-corrected chi connectivity index (χ1v) is 9.58. The van der Waals surface area contributed by atoms with Gasteiger partial charge in [-0.3, -0.25) is 4.90 Å². The van der Waals surface area contributed by atoms with E-state index in [0.717, 1.165) is 50.9 Å². The fraction of sp³-hybridized carbons (Fsp3) is 0.571. The lowest BCUT2D eigenvalue weighted by molar-refractivity contribution is 0.0416. The standard InChI is InChI=1S/C21H27NO3/c23-21(25-15-16-5-2-1-3-6-16)22-19-7-4-8-20(22)14-18(13-19)17-9-11-24-12-10-17/h1-3,5-6,13,17,19-20H,4,7-12,14-15H2. The molecule has 4 rings (SSSR count). The number of carbonyl (C=O) groups excluding carboxylic acids is 1. The van der Waals surface area contributed by atoms with Gasteiger partial charge in [-0.2, -0.15) is 0 Å². The number of fused-ring (bicyclic) bond motifs is 2. The molecule has 2 saturated heterocycles. The first kappa shape index (κ1) is 16.6. The molecule has 0 radical (unpaired) electrons. The zero-order valence-electron chi connectivity index (χ0n) is 14.7. The largest absolute Gasteiger partial charge is 0.445 e. The molecule has 0 spiro atoms. The average Bonchev–Trinajstić information content (AvgIpc) is 2.66. The maximum Gasteiger partial charge on any atom is 0.410 e. The van der Waals surface area contributed by atoms with Crippen LogP contribution in [0.25, 0.3) is 0 Å². The molecule has 0 saturated carbocycles. The lowest BCUT2D eigenvalue weighted by Crippen LogP contribution is -2.52. The Bertz CT molecular complexity index is 621. The van der Waals surface area contributed by atoms with E-state index in [4.69, 9.17) is 9.47 Å². The van der Waals surface area contributed by atoms with Gasteiger partial charge in [-0.15, -0.1) is 0 Å². The molecule has 1 aromatic rings. The van der Waals surface area contributed by atoms with E-state index < -0.39 is 0 Å². The molecular formula is C21H27NO3. The number of nitrogens with zero attached hydrogens (tertiary/aromatic N) is 1. The third-order valence-corrected chi connectivity index (χ3v) is 5.83. The van der Waals surface area contributed by atoms with E-state index in [0.29, 0.717) is 18.6 Å². The summed E-state index contributed by atoms with van der Waals surface area (Å²) in [5.41, 5.74) is 2.60. The number of piperidine rings is 1. The van der Waals surface area contributed by atoms with Crippen molar-refractivity contribution in [2.45, 2.75) is 57.2 Å². The summed E-state index contributed by atoms with van der Waals surface area (Å²) in [6, 6.07) is 10.4. The summed E-state index contributed by atoms with van der Waals surface area (Å²) in [4.78, 5) is 14.7. The van der Waals surface area contributed by atoms with Gasteiger partial charge in [-0.25, -0.2) is 4.79 Å². The van der Waals surface area contributed by atoms with E-state index >= 15 is 0 Å². The van der Waals surface area contributed by atoms with Crippen LogP contribution in [-0.2, 0) is 16.1 Å². The summed E-state index contributed by atoms with van der Waals surface area (Å²) < 4.78 is 11.1. The molecule has 0 aromatic heterocycles. The van der Waals surface area contributed by atoms with Crippen molar-refractivity contribution in [1.29, 1.82) is 0 Å². The second-order valence-corrected chi connectivity index (χ2v) is 7.43. The van der Waals surface area contributed by atoms with Crippen molar-refractivity contribution >= 4 is 6.09 Å². The zero-order chi connectivity index (χ0) is 17.1. The van der Waals surface area contributed by atoms with Crippen LogP contribution in [0.1, 0.15) is 44.1 Å². The number of hydrogen-bond acceptors (Lipinski definition) is 3. The van der Waals surface area contributed by atoms with Gasteiger partial charge in [0, 0.05) is 19.3 Å². The molecule has 2 fully saturated rings. The predicted molar refractivity (Wildman–Crippen MR) is 96.1 cm³/mol. The Morgan fingerprint density at radius 2 is 1.92 bits per heavy atom. The molecule has 2 atom stereocenters. The maximum absolute atomic E-state index is 12.7. The third-order valence-electron chi connectivity index (χ3n) is 5.83. The Labute approximate surface area is 149 Å². The van der Waals surface area contributed by atoms with E-state index in [1.54, 1.807) is 5.57 Å². The van der Waals surface area contributed by atoms with E-state index in [1.807, 2.05) is 35.2 Å². The van der Waals surface area contributed by atoms with Crippen LogP contribution in [0.2, 0.25) is 0 Å². The topological polar surface area (TPSA) is 38.8 Å². The minimum absolute atomic E-state index is 0.152. The minimum atomic E-state index is -0.152. The average molecular weight is 341 g/mol. The monoisotopic (exact) mass is 341 g/mol. The van der Waals surface area contributed by atoms with E-state index in [2.05, 4.69) is 6.08 Å². The van der Waals surface area contributed by atoms with Crippen molar-refractivity contribution in [1.82, 2.24) is 4.90 Å². The summed E-state index contributed by atoms with van der Waals surface area (Å²) in [7, 11) is 0. The highest BCUT2D eigenvalue weighted by Crippen LogP contribution is 2.38. The van der Waals surface area contributed by atoms with Crippen LogP contribution in [0, 0.1) is 5.92 Å². The van der Waals surface area contributed by atoms with Crippen molar-refractivity contribution in [3.63, 3.8) is 0 Å². The normalized spacial score (nSPS) is 26.9. The molecule has 1 aromatic carbocycles. The van der Waals surface area contributed by atoms with Gasteiger partial charge in [0.05, 0.1) is 6.04 Å². The molecule has 2 unspecified atom stereocenters. The lowest BCUT2D eigenvalue weighted by atomic mass is 9.78. The van der Waals surface area contributed by atoms with Gasteiger partial charge in [0.15, 0.2) is 0 Å². The molecule has 0 aliphatic carbocycles. The number of carbonyl (C=O) groups is 1. The molecule has 134 valence electrons. The highest BCUT2D eigenvalue weighted by atomic mass is 16.6. The molecular weight excluding hydrogens is 314 g/mol. The van der Waals surface area contributed by atoms with Gasteiger partial charge < -0.3 is 9.47 Å². The minimum Gasteiger partial charge on any atom is -0.445 e. The Balaban J connectivity index is 1.43. The number of hydrogen-bond donors (Lipinski definition) is 0. The predicted octanol–water partition coefficient (Wildman–Crippen LogP) is 4.30. The molecule has 3 heterocycles. The van der Waals surface area contributed by atoms with E-state index in [9.17, 15) is 4.79 Å². The Morgan fingerprint density at radius 3 is 2.68 bits per heavy atom. The van der Waals surface area contributed by atoms with Gasteiger partial charge in [0.25, 0.3) is 0 Å². The number of ether oxygens (including phenoxy) is 2. The molecule has 0 N–H and O–H groups in total. The molecule has 3 aliphatic rings. The van der Waals surface area contributed by atoms with E-state index in [-0.39, 0.29) is 12.1 Å². The van der Waals surface area contributed by atoms with Crippen molar-refractivity contribution in [3.05, 3.63) is 47.5 Å². The Hall–Kier alpha value is -1.81. The van der Waals surface area contributed by atoms with Gasteiger partial charge >= 0.3 is 6.09 Å². The Kier molecular flexibility index (Phi) is 5.07. The number of amides is 1. The van der Waals surface area contributed by atoms with Crippen molar-refractivity contribution in [3.8, 4) is 0 Å². The summed E-state index contributed by atoms with van der Waals surface area (Å²) in [5, 5.41) is 0. The summed E-state index contributed by atoms with van der Waals surface area (Å²) in [5.74, 6) is 0.652. The van der Waals surface area contributed by atoms with Gasteiger partial charge in [-0.05, 0) is 50.0 Å². The van der Waals surface area contributed by atoms with Crippen LogP contribution in [0.5, 0.6) is 0 Å².